The molecule has 1 aromatic rings. The number of unbranched alkanes of at least 4 members (excludes halogenated alkanes) is 13. The first-order chi connectivity index (χ1) is 19.4. The van der Waals surface area contributed by atoms with Crippen LogP contribution >= 0.6 is 7.82 Å². The number of hydrogen-bond acceptors (Lipinski definition) is 7. The number of methoxy groups -OCH3 is 1. The van der Waals surface area contributed by atoms with Gasteiger partial charge in [0.2, 0.25) is 0 Å². The lowest BCUT2D eigenvalue weighted by molar-refractivity contribution is -0.0197. The lowest BCUT2D eigenvalue weighted by atomic mass is 10.0. The Morgan fingerprint density at radius 2 is 1.40 bits per heavy atom. The summed E-state index contributed by atoms with van der Waals surface area (Å²) in [4.78, 5) is 14.2. The van der Waals surface area contributed by atoms with Crippen LogP contribution in [0, 0.1) is 6.67 Å². The third-order valence-corrected chi connectivity index (χ3v) is 7.95. The largest absolute Gasteiger partial charge is 0.527 e. The number of phosphoric acid groups is 1. The van der Waals surface area contributed by atoms with E-state index in [2.05, 4.69) is 6.92 Å². The van der Waals surface area contributed by atoms with Gasteiger partial charge in [0.1, 0.15) is 18.5 Å². The molecule has 1 aliphatic heterocycles. The molecule has 8 nitrogen and oxygen atoms in total. The fourth-order valence-corrected chi connectivity index (χ4v) is 5.39. The van der Waals surface area contributed by atoms with Gasteiger partial charge in [-0.1, -0.05) is 103 Å². The van der Waals surface area contributed by atoms with Crippen LogP contribution in [0.25, 0.3) is 0 Å². The fraction of sp³-hybridized carbons (Fsp3) is 0.710. The quantitative estimate of drug-likeness (QED) is 0.0918. The van der Waals surface area contributed by atoms with Gasteiger partial charge < -0.3 is 23.8 Å². The van der Waals surface area contributed by atoms with Crippen molar-refractivity contribution in [2.45, 2.75) is 109 Å². The molecule has 9 heteroatoms. The van der Waals surface area contributed by atoms with Crippen LogP contribution in [0.1, 0.15) is 102 Å². The minimum absolute atomic E-state index is 0.0915. The molecule has 0 amide bonds. The molecule has 1 N–H and O–H groups in total. The summed E-state index contributed by atoms with van der Waals surface area (Å²) < 4.78 is 33.9. The topological polar surface area (TPSA) is 80.7 Å². The highest BCUT2D eigenvalue weighted by Gasteiger charge is 2.25. The maximum Gasteiger partial charge on any atom is 0.527 e. The summed E-state index contributed by atoms with van der Waals surface area (Å²) in [6.45, 7) is 5.82. The maximum atomic E-state index is 12.4. The van der Waals surface area contributed by atoms with E-state index in [4.69, 9.17) is 18.5 Å². The first-order valence-corrected chi connectivity index (χ1v) is 16.8. The highest BCUT2D eigenvalue weighted by atomic mass is 31.2. The van der Waals surface area contributed by atoms with Crippen molar-refractivity contribution in [1.82, 2.24) is 9.80 Å². The van der Waals surface area contributed by atoms with E-state index >= 15 is 0 Å². The van der Waals surface area contributed by atoms with Crippen molar-refractivity contribution in [3.63, 3.8) is 0 Å². The van der Waals surface area contributed by atoms with Crippen LogP contribution in [0.5, 0.6) is 5.75 Å². The number of rotatable bonds is 25. The molecule has 2 unspecified atom stereocenters. The molecular formula is C31H54N2O6P. The molecule has 0 fully saturated rings. The van der Waals surface area contributed by atoms with Crippen molar-refractivity contribution in [1.29, 1.82) is 0 Å². The van der Waals surface area contributed by atoms with E-state index in [0.29, 0.717) is 19.8 Å². The summed E-state index contributed by atoms with van der Waals surface area (Å²) in [7, 11) is -0.776. The molecule has 40 heavy (non-hydrogen) atoms. The highest BCUT2D eigenvalue weighted by molar-refractivity contribution is 7.47. The molecule has 0 spiro atoms. The third-order valence-electron chi connectivity index (χ3n) is 7.04. The Morgan fingerprint density at radius 3 is 1.93 bits per heavy atom. The molecule has 1 heterocycles. The molecular weight excluding hydrogens is 527 g/mol. The van der Waals surface area contributed by atoms with Gasteiger partial charge in [-0.15, -0.1) is 0 Å². The summed E-state index contributed by atoms with van der Waals surface area (Å²) in [5.41, 5.74) is 1.05. The van der Waals surface area contributed by atoms with Crippen LogP contribution in [0.15, 0.2) is 36.7 Å². The predicted octanol–water partition coefficient (Wildman–Crippen LogP) is 8.03. The second-order valence-electron chi connectivity index (χ2n) is 10.8. The standard InChI is InChI=1S/C31H54N2O6P/c1-4-5-6-7-8-9-10-11-12-13-14-15-16-17-24-37-26-31(36-3)27-38-40(34,35)39-30-20-18-29(19-21-30)25-33-23-22-32(2)28-33/h18-23,28,31H,4-17,24-27H2,1-3H3,(H,34,35). The zero-order valence-electron chi connectivity index (χ0n) is 25.2. The van der Waals surface area contributed by atoms with Gasteiger partial charge >= 0.3 is 7.82 Å². The van der Waals surface area contributed by atoms with Crippen molar-refractivity contribution in [2.75, 3.05) is 34.0 Å². The van der Waals surface area contributed by atoms with Crippen LogP contribution < -0.4 is 4.52 Å². The van der Waals surface area contributed by atoms with Gasteiger partial charge in [-0.25, -0.2) is 4.57 Å². The van der Waals surface area contributed by atoms with Crippen LogP contribution in [0.3, 0.4) is 0 Å². The van der Waals surface area contributed by atoms with E-state index in [9.17, 15) is 9.46 Å². The molecule has 0 aliphatic carbocycles. The normalized spacial score (nSPS) is 15.5. The van der Waals surface area contributed by atoms with Gasteiger partial charge in [0.05, 0.1) is 13.2 Å². The van der Waals surface area contributed by atoms with E-state index < -0.39 is 13.9 Å². The molecule has 1 aliphatic rings. The molecule has 229 valence electrons. The van der Waals surface area contributed by atoms with Gasteiger partial charge in [-0.3, -0.25) is 9.42 Å². The predicted molar refractivity (Wildman–Crippen MR) is 162 cm³/mol. The van der Waals surface area contributed by atoms with Crippen LogP contribution in [-0.2, 0) is 25.1 Å². The monoisotopic (exact) mass is 581 g/mol. The minimum atomic E-state index is -4.28. The smallest absolute Gasteiger partial charge is 0.404 e. The third kappa shape index (κ3) is 16.6. The second kappa shape index (κ2) is 21.2. The number of nitrogens with zero attached hydrogens (tertiary/aromatic N) is 2. The summed E-state index contributed by atoms with van der Waals surface area (Å²) in [5, 5.41) is 0. The number of hydrogen-bond donors (Lipinski definition) is 1. The van der Waals surface area contributed by atoms with E-state index in [-0.39, 0.29) is 12.4 Å². The average molecular weight is 582 g/mol. The Bertz CT molecular complexity index is 838. The lowest BCUT2D eigenvalue weighted by Crippen LogP contribution is -2.24. The van der Waals surface area contributed by atoms with Crippen LogP contribution in [0.4, 0.5) is 0 Å². The van der Waals surface area contributed by atoms with Crippen molar-refractivity contribution >= 4 is 7.82 Å². The Morgan fingerprint density at radius 1 is 0.825 bits per heavy atom. The number of benzene rings is 1. The van der Waals surface area contributed by atoms with Crippen molar-refractivity contribution < 1.29 is 28.0 Å². The summed E-state index contributed by atoms with van der Waals surface area (Å²) in [5.74, 6) is 0.274. The average Bonchev–Trinajstić information content (AvgIpc) is 3.35. The molecule has 1 radical (unpaired) electrons. The second-order valence-corrected chi connectivity index (χ2v) is 12.2. The summed E-state index contributed by atoms with van der Waals surface area (Å²) in [6.07, 6.45) is 22.0. The molecule has 0 aromatic heterocycles. The number of ether oxygens (including phenoxy) is 2. The van der Waals surface area contributed by atoms with Gasteiger partial charge in [-0.2, -0.15) is 0 Å². The van der Waals surface area contributed by atoms with Gasteiger partial charge in [0, 0.05) is 39.7 Å². The SMILES string of the molecule is CCCCCCCCCCCCCCCCOCC(COP(=O)(O)Oc1ccc(CN2[CH]N(C)C=C2)cc1)OC. The Kier molecular flexibility index (Phi) is 18.3. The first kappa shape index (κ1) is 34.6. The molecule has 2 rings (SSSR count). The van der Waals surface area contributed by atoms with Crippen LogP contribution in [-0.4, -0.2) is 54.8 Å². The summed E-state index contributed by atoms with van der Waals surface area (Å²) >= 11 is 0. The maximum absolute atomic E-state index is 12.4. The van der Waals surface area contributed by atoms with Crippen molar-refractivity contribution in [2.24, 2.45) is 0 Å². The summed E-state index contributed by atoms with van der Waals surface area (Å²) in [6, 6.07) is 7.05. The Labute approximate surface area is 243 Å². The zero-order valence-corrected chi connectivity index (χ0v) is 26.1. The van der Waals surface area contributed by atoms with E-state index in [1.165, 1.54) is 84.2 Å². The lowest BCUT2D eigenvalue weighted by Gasteiger charge is -2.19. The molecule has 1 aromatic carbocycles. The van der Waals surface area contributed by atoms with Gasteiger partial charge in [0.25, 0.3) is 0 Å². The van der Waals surface area contributed by atoms with Gasteiger partial charge in [0.15, 0.2) is 0 Å². The van der Waals surface area contributed by atoms with Crippen molar-refractivity contribution in [3.8, 4) is 5.75 Å². The molecule has 2 atom stereocenters. The minimum Gasteiger partial charge on any atom is -0.404 e. The van der Waals surface area contributed by atoms with Crippen LogP contribution in [0.2, 0.25) is 0 Å². The van der Waals surface area contributed by atoms with E-state index in [0.717, 1.165) is 18.4 Å². The van der Waals surface area contributed by atoms with Gasteiger partial charge in [-0.05, 0) is 24.1 Å². The van der Waals surface area contributed by atoms with Crippen molar-refractivity contribution in [3.05, 3.63) is 48.9 Å². The molecule has 0 saturated carbocycles. The van der Waals surface area contributed by atoms with E-state index in [1.807, 2.05) is 48.0 Å². The fourth-order valence-electron chi connectivity index (χ4n) is 4.60. The highest BCUT2D eigenvalue weighted by Crippen LogP contribution is 2.44. The molecule has 0 saturated heterocycles. The number of phosphoric ester groups is 1. The Balaban J connectivity index is 1.46. The van der Waals surface area contributed by atoms with E-state index in [1.54, 1.807) is 12.1 Å². The Hall–Kier alpha value is -1.57. The molecule has 0 bridgehead atoms. The first-order valence-electron chi connectivity index (χ1n) is 15.3. The zero-order chi connectivity index (χ0) is 28.9.